The van der Waals surface area contributed by atoms with Crippen LogP contribution < -0.4 is 5.73 Å². The van der Waals surface area contributed by atoms with E-state index >= 15 is 0 Å². The Hall–Kier alpha value is -0.980. The van der Waals surface area contributed by atoms with Gasteiger partial charge in [-0.05, 0) is 41.5 Å². The first-order valence-electron chi connectivity index (χ1n) is 6.57. The van der Waals surface area contributed by atoms with Gasteiger partial charge in [0.15, 0.2) is 0 Å². The minimum absolute atomic E-state index is 0.354. The molecule has 2 N–H and O–H groups in total. The molecule has 2 aromatic rings. The zero-order chi connectivity index (χ0) is 15.0. The Bertz CT molecular complexity index is 608. The molecule has 1 aromatic heterocycles. The normalized spacial score (nSPS) is 16.6. The first-order valence-corrected chi connectivity index (χ1v) is 8.54. The van der Waals surface area contributed by atoms with E-state index < -0.39 is 11.7 Å². The molecule has 1 aromatic carbocycles. The van der Waals surface area contributed by atoms with Crippen molar-refractivity contribution in [3.05, 3.63) is 56.8 Å². The molecule has 1 aliphatic rings. The number of thioether (sulfide) groups is 1. The van der Waals surface area contributed by atoms with Crippen LogP contribution in [-0.2, 0) is 18.3 Å². The summed E-state index contributed by atoms with van der Waals surface area (Å²) in [5, 5.41) is 0. The van der Waals surface area contributed by atoms with Gasteiger partial charge in [-0.25, -0.2) is 0 Å². The van der Waals surface area contributed by atoms with E-state index in [0.29, 0.717) is 5.56 Å². The Morgan fingerprint density at radius 3 is 2.48 bits per heavy atom. The molecule has 0 saturated carbocycles. The second-order valence-electron chi connectivity index (χ2n) is 5.00. The monoisotopic (exact) mass is 329 g/mol. The fourth-order valence-corrected chi connectivity index (χ4v) is 4.77. The molecule has 0 spiro atoms. The number of aryl methyl sites for hydroxylation is 1. The van der Waals surface area contributed by atoms with Crippen LogP contribution >= 0.6 is 23.1 Å². The number of hydrogen-bond acceptors (Lipinski definition) is 3. The molecular formula is C15H14F3NS2. The average molecular weight is 329 g/mol. The SMILES string of the molecule is NC(c1ccc(C(F)(F)F)cc1)c1cc2c(s1)CCSC2. The Morgan fingerprint density at radius 1 is 1.14 bits per heavy atom. The molecule has 0 fully saturated rings. The lowest BCUT2D eigenvalue weighted by Gasteiger charge is -2.12. The van der Waals surface area contributed by atoms with Crippen LogP contribution in [0.4, 0.5) is 13.2 Å². The highest BCUT2D eigenvalue weighted by molar-refractivity contribution is 7.98. The van der Waals surface area contributed by atoms with E-state index in [0.717, 1.165) is 34.9 Å². The van der Waals surface area contributed by atoms with E-state index in [2.05, 4.69) is 6.07 Å². The Morgan fingerprint density at radius 2 is 1.86 bits per heavy atom. The van der Waals surface area contributed by atoms with Crippen LogP contribution in [0.15, 0.2) is 30.3 Å². The van der Waals surface area contributed by atoms with Crippen molar-refractivity contribution >= 4 is 23.1 Å². The maximum absolute atomic E-state index is 12.6. The number of halogens is 3. The highest BCUT2D eigenvalue weighted by atomic mass is 32.2. The molecule has 2 heterocycles. The number of nitrogens with two attached hydrogens (primary N) is 1. The molecule has 0 bridgehead atoms. The maximum atomic E-state index is 12.6. The van der Waals surface area contributed by atoms with Crippen LogP contribution in [-0.4, -0.2) is 5.75 Å². The molecule has 1 atom stereocenters. The fourth-order valence-electron chi connectivity index (χ4n) is 2.37. The van der Waals surface area contributed by atoms with Crippen molar-refractivity contribution in [1.82, 2.24) is 0 Å². The second-order valence-corrected chi connectivity index (χ2v) is 7.27. The largest absolute Gasteiger partial charge is 0.416 e. The van der Waals surface area contributed by atoms with Gasteiger partial charge in [0.05, 0.1) is 11.6 Å². The van der Waals surface area contributed by atoms with E-state index in [1.54, 1.807) is 11.3 Å². The number of rotatable bonds is 2. The second kappa shape index (κ2) is 5.66. The third-order valence-electron chi connectivity index (χ3n) is 3.55. The molecule has 6 heteroatoms. The molecule has 0 radical (unpaired) electrons. The number of thiophene rings is 1. The molecule has 3 rings (SSSR count). The molecule has 21 heavy (non-hydrogen) atoms. The Kier molecular flexibility index (Phi) is 4.03. The fraction of sp³-hybridized carbons (Fsp3) is 0.333. The molecule has 0 saturated heterocycles. The topological polar surface area (TPSA) is 26.0 Å². The summed E-state index contributed by atoms with van der Waals surface area (Å²) in [7, 11) is 0. The van der Waals surface area contributed by atoms with E-state index in [-0.39, 0.29) is 6.04 Å². The molecule has 1 nitrogen and oxygen atoms in total. The quantitative estimate of drug-likeness (QED) is 0.871. The Balaban J connectivity index is 1.84. The predicted molar refractivity (Wildman–Crippen MR) is 81.7 cm³/mol. The summed E-state index contributed by atoms with van der Waals surface area (Å²) >= 11 is 3.59. The standard InChI is InChI=1S/C15H14F3NS2/c16-15(17,18)11-3-1-9(2-4-11)14(19)13-7-10-8-20-6-5-12(10)21-13/h1-4,7,14H,5-6,8,19H2. The van der Waals surface area contributed by atoms with E-state index in [1.807, 2.05) is 11.8 Å². The van der Waals surface area contributed by atoms with Crippen molar-refractivity contribution < 1.29 is 13.2 Å². The van der Waals surface area contributed by atoms with Crippen LogP contribution in [0.2, 0.25) is 0 Å². The van der Waals surface area contributed by atoms with Crippen molar-refractivity contribution in [2.75, 3.05) is 5.75 Å². The van der Waals surface area contributed by atoms with Crippen molar-refractivity contribution in [2.45, 2.75) is 24.4 Å². The predicted octanol–water partition coefficient (Wildman–Crippen LogP) is 4.60. The van der Waals surface area contributed by atoms with Gasteiger partial charge in [0, 0.05) is 15.5 Å². The van der Waals surface area contributed by atoms with Crippen LogP contribution in [0.25, 0.3) is 0 Å². The summed E-state index contributed by atoms with van der Waals surface area (Å²) in [6, 6.07) is 6.89. The highest BCUT2D eigenvalue weighted by Crippen LogP contribution is 2.36. The van der Waals surface area contributed by atoms with Gasteiger partial charge in [0.25, 0.3) is 0 Å². The minimum atomic E-state index is -4.30. The van der Waals surface area contributed by atoms with Gasteiger partial charge in [-0.2, -0.15) is 24.9 Å². The lowest BCUT2D eigenvalue weighted by Crippen LogP contribution is -2.11. The minimum Gasteiger partial charge on any atom is -0.320 e. The molecule has 0 aliphatic carbocycles. The first kappa shape index (κ1) is 14.9. The number of benzene rings is 1. The molecule has 0 amide bonds. The van der Waals surface area contributed by atoms with Crippen molar-refractivity contribution in [3.8, 4) is 0 Å². The van der Waals surface area contributed by atoms with Crippen LogP contribution in [0.5, 0.6) is 0 Å². The maximum Gasteiger partial charge on any atom is 0.416 e. The number of alkyl halides is 3. The molecule has 1 aliphatic heterocycles. The lowest BCUT2D eigenvalue weighted by molar-refractivity contribution is -0.137. The third-order valence-corrected chi connectivity index (χ3v) is 5.88. The summed E-state index contributed by atoms with van der Waals surface area (Å²) in [6.07, 6.45) is -3.24. The van der Waals surface area contributed by atoms with Gasteiger partial charge in [0.1, 0.15) is 0 Å². The smallest absolute Gasteiger partial charge is 0.320 e. The van der Waals surface area contributed by atoms with E-state index in [1.165, 1.54) is 22.6 Å². The zero-order valence-corrected chi connectivity index (χ0v) is 12.7. The van der Waals surface area contributed by atoms with E-state index in [4.69, 9.17) is 5.73 Å². The van der Waals surface area contributed by atoms with Crippen LogP contribution in [0.1, 0.15) is 32.5 Å². The van der Waals surface area contributed by atoms with Crippen molar-refractivity contribution in [1.29, 1.82) is 0 Å². The summed E-state index contributed by atoms with van der Waals surface area (Å²) < 4.78 is 37.7. The van der Waals surface area contributed by atoms with Crippen molar-refractivity contribution in [3.63, 3.8) is 0 Å². The first-order chi connectivity index (χ1) is 9.95. The van der Waals surface area contributed by atoms with Gasteiger partial charge >= 0.3 is 6.18 Å². The van der Waals surface area contributed by atoms with Crippen LogP contribution in [0.3, 0.4) is 0 Å². The summed E-state index contributed by atoms with van der Waals surface area (Å²) in [5.41, 5.74) is 7.62. The summed E-state index contributed by atoms with van der Waals surface area (Å²) in [4.78, 5) is 2.40. The van der Waals surface area contributed by atoms with Gasteiger partial charge in [-0.1, -0.05) is 12.1 Å². The van der Waals surface area contributed by atoms with Crippen LogP contribution in [0, 0.1) is 0 Å². The Labute approximate surface area is 129 Å². The summed E-state index contributed by atoms with van der Waals surface area (Å²) in [5.74, 6) is 2.13. The average Bonchev–Trinajstić information content (AvgIpc) is 2.89. The number of hydrogen-bond donors (Lipinski definition) is 1. The van der Waals surface area contributed by atoms with E-state index in [9.17, 15) is 13.2 Å². The molecular weight excluding hydrogens is 315 g/mol. The van der Waals surface area contributed by atoms with Gasteiger partial charge in [0.2, 0.25) is 0 Å². The number of fused-ring (bicyclic) bond motifs is 1. The molecule has 1 unspecified atom stereocenters. The third kappa shape index (κ3) is 3.12. The van der Waals surface area contributed by atoms with Crippen molar-refractivity contribution in [2.24, 2.45) is 5.73 Å². The molecule has 112 valence electrons. The van der Waals surface area contributed by atoms with Gasteiger partial charge < -0.3 is 5.73 Å². The highest BCUT2D eigenvalue weighted by Gasteiger charge is 2.30. The zero-order valence-electron chi connectivity index (χ0n) is 11.1. The summed E-state index contributed by atoms with van der Waals surface area (Å²) in [6.45, 7) is 0. The van der Waals surface area contributed by atoms with Gasteiger partial charge in [-0.3, -0.25) is 0 Å². The lowest BCUT2D eigenvalue weighted by atomic mass is 10.0. The van der Waals surface area contributed by atoms with Gasteiger partial charge in [-0.15, -0.1) is 11.3 Å².